The van der Waals surface area contributed by atoms with Crippen molar-refractivity contribution in [3.8, 4) is 11.5 Å². The summed E-state index contributed by atoms with van der Waals surface area (Å²) in [5.41, 5.74) is 2.68. The van der Waals surface area contributed by atoms with Gasteiger partial charge in [0, 0.05) is 18.5 Å². The number of aliphatic hydroxyl groups is 1. The van der Waals surface area contributed by atoms with E-state index in [1.807, 2.05) is 6.92 Å². The lowest BCUT2D eigenvalue weighted by Gasteiger charge is -2.26. The number of carboxylic acids is 1. The Bertz CT molecular complexity index is 1440. The molecular formula is C29H25NO7. The van der Waals surface area contributed by atoms with Gasteiger partial charge in [-0.1, -0.05) is 24.3 Å². The second-order valence-electron chi connectivity index (χ2n) is 9.16. The molecule has 2 unspecified atom stereocenters. The minimum Gasteiger partial charge on any atom is -0.507 e. The zero-order valence-corrected chi connectivity index (χ0v) is 20.3. The van der Waals surface area contributed by atoms with Crippen molar-refractivity contribution in [3.05, 3.63) is 100 Å². The largest absolute Gasteiger partial charge is 0.507 e. The van der Waals surface area contributed by atoms with Crippen molar-refractivity contribution < 1.29 is 34.1 Å². The van der Waals surface area contributed by atoms with Crippen LogP contribution in [0.5, 0.6) is 11.5 Å². The number of ether oxygens (including phenoxy) is 2. The summed E-state index contributed by atoms with van der Waals surface area (Å²) in [6.45, 7) is 2.00. The average molecular weight is 500 g/mol. The summed E-state index contributed by atoms with van der Waals surface area (Å²) >= 11 is 0. The highest BCUT2D eigenvalue weighted by molar-refractivity contribution is 6.46. The van der Waals surface area contributed by atoms with Crippen LogP contribution >= 0.6 is 0 Å². The number of hydrogen-bond donors (Lipinski definition) is 2. The van der Waals surface area contributed by atoms with Crippen LogP contribution < -0.4 is 9.47 Å². The van der Waals surface area contributed by atoms with Gasteiger partial charge < -0.3 is 24.6 Å². The zero-order valence-electron chi connectivity index (χ0n) is 20.3. The zero-order chi connectivity index (χ0) is 26.3. The SMILES string of the molecule is COc1cccc(C2/C(=C(/O)c3ccc4c(c3)CC(C)O4)C(=O)C(=O)N2Cc2ccc(C(=O)O)cc2)c1. The molecule has 8 nitrogen and oxygen atoms in total. The lowest BCUT2D eigenvalue weighted by molar-refractivity contribution is -0.140. The molecule has 2 N–H and O–H groups in total. The van der Waals surface area contributed by atoms with E-state index in [2.05, 4.69) is 0 Å². The maximum Gasteiger partial charge on any atom is 0.335 e. The summed E-state index contributed by atoms with van der Waals surface area (Å²) in [7, 11) is 1.52. The molecule has 188 valence electrons. The van der Waals surface area contributed by atoms with Crippen LogP contribution in [0.4, 0.5) is 0 Å². The summed E-state index contributed by atoms with van der Waals surface area (Å²) in [5, 5.41) is 20.6. The van der Waals surface area contributed by atoms with Crippen molar-refractivity contribution in [3.63, 3.8) is 0 Å². The molecule has 1 fully saturated rings. The number of methoxy groups -OCH3 is 1. The highest BCUT2D eigenvalue weighted by Crippen LogP contribution is 2.42. The van der Waals surface area contributed by atoms with E-state index in [4.69, 9.17) is 9.47 Å². The van der Waals surface area contributed by atoms with Crippen molar-refractivity contribution in [2.75, 3.05) is 7.11 Å². The highest BCUT2D eigenvalue weighted by atomic mass is 16.5. The van der Waals surface area contributed by atoms with Gasteiger partial charge in [-0.2, -0.15) is 0 Å². The maximum atomic E-state index is 13.3. The van der Waals surface area contributed by atoms with Crippen molar-refractivity contribution in [1.29, 1.82) is 0 Å². The van der Waals surface area contributed by atoms with Crippen LogP contribution in [0.3, 0.4) is 0 Å². The van der Waals surface area contributed by atoms with Crippen LogP contribution in [0.15, 0.2) is 72.3 Å². The smallest absolute Gasteiger partial charge is 0.335 e. The molecule has 2 aliphatic rings. The van der Waals surface area contributed by atoms with Gasteiger partial charge in [0.05, 0.1) is 24.3 Å². The molecule has 2 atom stereocenters. The van der Waals surface area contributed by atoms with Crippen molar-refractivity contribution in [2.45, 2.75) is 32.0 Å². The molecule has 37 heavy (non-hydrogen) atoms. The molecule has 0 saturated carbocycles. The molecule has 0 bridgehead atoms. The van der Waals surface area contributed by atoms with Crippen LogP contribution in [0, 0.1) is 0 Å². The Balaban J connectivity index is 1.61. The van der Waals surface area contributed by atoms with Crippen molar-refractivity contribution in [1.82, 2.24) is 4.90 Å². The predicted molar refractivity (Wildman–Crippen MR) is 134 cm³/mol. The fraction of sp³-hybridized carbons (Fsp3) is 0.207. The van der Waals surface area contributed by atoms with Crippen LogP contribution in [0.2, 0.25) is 0 Å². The normalized spacial score (nSPS) is 20.0. The quantitative estimate of drug-likeness (QED) is 0.295. The van der Waals surface area contributed by atoms with E-state index < -0.39 is 23.7 Å². The third-order valence-electron chi connectivity index (χ3n) is 6.67. The van der Waals surface area contributed by atoms with Crippen LogP contribution in [0.25, 0.3) is 5.76 Å². The first-order valence-electron chi connectivity index (χ1n) is 11.8. The van der Waals surface area contributed by atoms with Crippen molar-refractivity contribution >= 4 is 23.4 Å². The molecule has 8 heteroatoms. The van der Waals surface area contributed by atoms with Gasteiger partial charge in [0.25, 0.3) is 11.7 Å². The Morgan fingerprint density at radius 2 is 1.76 bits per heavy atom. The van der Waals surface area contributed by atoms with E-state index in [1.54, 1.807) is 54.6 Å². The van der Waals surface area contributed by atoms with Crippen molar-refractivity contribution in [2.24, 2.45) is 0 Å². The predicted octanol–water partition coefficient (Wildman–Crippen LogP) is 4.34. The maximum absolute atomic E-state index is 13.3. The van der Waals surface area contributed by atoms with Gasteiger partial charge in [-0.15, -0.1) is 0 Å². The number of aromatic carboxylic acids is 1. The molecule has 5 rings (SSSR count). The fourth-order valence-corrected chi connectivity index (χ4v) is 4.88. The number of carbonyl (C=O) groups excluding carboxylic acids is 2. The highest BCUT2D eigenvalue weighted by Gasteiger charge is 2.46. The average Bonchev–Trinajstić information content (AvgIpc) is 3.39. The number of nitrogens with zero attached hydrogens (tertiary/aromatic N) is 1. The van der Waals surface area contributed by atoms with E-state index in [9.17, 15) is 24.6 Å². The number of aliphatic hydroxyl groups excluding tert-OH is 1. The Kier molecular flexibility index (Phi) is 6.17. The summed E-state index contributed by atoms with van der Waals surface area (Å²) < 4.78 is 11.1. The van der Waals surface area contributed by atoms with Gasteiger partial charge in [-0.05, 0) is 66.1 Å². The monoisotopic (exact) mass is 499 g/mol. The lowest BCUT2D eigenvalue weighted by Crippen LogP contribution is -2.29. The number of carbonyl (C=O) groups is 3. The summed E-state index contributed by atoms with van der Waals surface area (Å²) in [6.07, 6.45) is 0.693. The molecule has 0 aromatic heterocycles. The molecule has 1 saturated heterocycles. The van der Waals surface area contributed by atoms with E-state index in [-0.39, 0.29) is 29.5 Å². The second-order valence-corrected chi connectivity index (χ2v) is 9.16. The number of ketones is 1. The summed E-state index contributed by atoms with van der Waals surface area (Å²) in [4.78, 5) is 39.2. The fourth-order valence-electron chi connectivity index (χ4n) is 4.88. The van der Waals surface area contributed by atoms with Gasteiger partial charge in [0.2, 0.25) is 0 Å². The summed E-state index contributed by atoms with van der Waals surface area (Å²) in [6, 6.07) is 17.4. The topological polar surface area (TPSA) is 113 Å². The first-order chi connectivity index (χ1) is 17.8. The van der Waals surface area contributed by atoms with Crippen LogP contribution in [-0.2, 0) is 22.6 Å². The van der Waals surface area contributed by atoms with Crippen LogP contribution in [0.1, 0.15) is 45.6 Å². The molecule has 3 aromatic rings. The standard InChI is InChI=1S/C29H25NO7/c1-16-12-21-13-20(10-11-23(21)37-16)26(31)24-25(19-4-3-5-22(14-19)36-2)30(28(33)27(24)32)15-17-6-8-18(9-7-17)29(34)35/h3-11,13-14,16,25,31H,12,15H2,1-2H3,(H,34,35)/b26-24-. The Hall–Kier alpha value is -4.59. The Labute approximate surface area is 213 Å². The molecule has 2 aliphatic heterocycles. The molecule has 0 aliphatic carbocycles. The number of rotatable bonds is 6. The molecule has 2 heterocycles. The van der Waals surface area contributed by atoms with E-state index >= 15 is 0 Å². The number of Topliss-reactive ketones (excluding diaryl/α,β-unsaturated/α-hetero) is 1. The van der Waals surface area contributed by atoms with Gasteiger partial charge in [-0.3, -0.25) is 9.59 Å². The Morgan fingerprint density at radius 1 is 1.03 bits per heavy atom. The number of carboxylic acid groups (broad SMARTS) is 1. The van der Waals surface area contributed by atoms with Gasteiger partial charge in [0.15, 0.2) is 0 Å². The van der Waals surface area contributed by atoms with E-state index in [0.29, 0.717) is 28.9 Å². The molecule has 0 spiro atoms. The van der Waals surface area contributed by atoms with Crippen LogP contribution in [-0.4, -0.2) is 46.0 Å². The minimum atomic E-state index is -1.06. The third-order valence-corrected chi connectivity index (χ3v) is 6.67. The molecule has 3 aromatic carbocycles. The number of likely N-dealkylation sites (tertiary alicyclic amines) is 1. The molecule has 0 radical (unpaired) electrons. The first-order valence-corrected chi connectivity index (χ1v) is 11.8. The van der Waals surface area contributed by atoms with Gasteiger partial charge >= 0.3 is 5.97 Å². The minimum absolute atomic E-state index is 0.0160. The second kappa shape index (κ2) is 9.46. The van der Waals surface area contributed by atoms with E-state index in [1.165, 1.54) is 24.1 Å². The number of benzene rings is 3. The third kappa shape index (κ3) is 4.42. The number of fused-ring (bicyclic) bond motifs is 1. The lowest BCUT2D eigenvalue weighted by atomic mass is 9.94. The van der Waals surface area contributed by atoms with Gasteiger partial charge in [-0.25, -0.2) is 4.79 Å². The molecular weight excluding hydrogens is 474 g/mol. The number of hydrogen-bond acceptors (Lipinski definition) is 6. The van der Waals surface area contributed by atoms with E-state index in [0.717, 1.165) is 11.3 Å². The summed E-state index contributed by atoms with van der Waals surface area (Å²) in [5.74, 6) is -1.60. The van der Waals surface area contributed by atoms with Gasteiger partial charge in [0.1, 0.15) is 23.4 Å². The Morgan fingerprint density at radius 3 is 2.46 bits per heavy atom. The number of amides is 1. The molecule has 1 amide bonds. The first kappa shape index (κ1) is 24.1.